The second-order valence-electron chi connectivity index (χ2n) is 6.99. The second-order valence-corrected chi connectivity index (χ2v) is 6.99. The smallest absolute Gasteiger partial charge is 0.231 e. The molecule has 2 aliphatic rings. The normalized spacial score (nSPS) is 15.0. The Hall–Kier alpha value is -3.28. The number of aromatic nitrogens is 3. The van der Waals surface area contributed by atoms with Crippen LogP contribution in [0.15, 0.2) is 42.6 Å². The molecule has 6 heteroatoms. The Morgan fingerprint density at radius 1 is 1.11 bits per heavy atom. The maximum Gasteiger partial charge on any atom is 0.231 e. The van der Waals surface area contributed by atoms with Crippen molar-refractivity contribution in [2.24, 2.45) is 0 Å². The van der Waals surface area contributed by atoms with E-state index in [2.05, 4.69) is 10.3 Å². The molecule has 3 heterocycles. The van der Waals surface area contributed by atoms with Crippen molar-refractivity contribution in [3.8, 4) is 11.5 Å². The highest BCUT2D eigenvalue weighted by molar-refractivity contribution is 6.01. The van der Waals surface area contributed by atoms with E-state index in [1.165, 1.54) is 5.56 Å². The van der Waals surface area contributed by atoms with Gasteiger partial charge in [0.25, 0.3) is 0 Å². The average Bonchev–Trinajstić information content (AvgIpc) is 3.27. The van der Waals surface area contributed by atoms with Gasteiger partial charge in [0.15, 0.2) is 5.82 Å². The zero-order valence-corrected chi connectivity index (χ0v) is 15.1. The third kappa shape index (κ3) is 2.73. The number of hydrogen-bond acceptors (Lipinski definition) is 5. The minimum Gasteiger partial charge on any atom is -0.340 e. The van der Waals surface area contributed by atoms with Gasteiger partial charge in [-0.1, -0.05) is 6.07 Å². The van der Waals surface area contributed by atoms with Crippen LogP contribution in [0.2, 0.25) is 0 Å². The highest BCUT2D eigenvalue weighted by atomic mass is 16.2. The molecule has 1 aromatic carbocycles. The number of amides is 1. The molecule has 1 aliphatic heterocycles. The minimum atomic E-state index is 0.127. The first-order chi connectivity index (χ1) is 13.2. The molecule has 5 rings (SSSR count). The van der Waals surface area contributed by atoms with Crippen molar-refractivity contribution in [1.82, 2.24) is 15.0 Å². The van der Waals surface area contributed by atoms with Crippen LogP contribution in [0.3, 0.4) is 0 Å². The Morgan fingerprint density at radius 2 is 2.04 bits per heavy atom. The molecule has 3 aromatic rings. The number of likely N-dealkylation sites (N-methyl/N-ethyl adjacent to an activating group) is 1. The van der Waals surface area contributed by atoms with Gasteiger partial charge in [0, 0.05) is 35.9 Å². The van der Waals surface area contributed by atoms with E-state index in [9.17, 15) is 4.79 Å². The maximum atomic E-state index is 11.9. The SMILES string of the molecule is CN1C(=O)Cc2cc(Nc3nc(-c4ccccn4)nc4c3CCC4)ccc21. The molecule has 0 radical (unpaired) electrons. The number of pyridine rings is 1. The Balaban J connectivity index is 1.53. The van der Waals surface area contributed by atoms with Crippen molar-refractivity contribution in [1.29, 1.82) is 0 Å². The fourth-order valence-electron chi connectivity index (χ4n) is 3.83. The number of nitrogens with one attached hydrogen (secondary N) is 1. The Kier molecular flexibility index (Phi) is 3.63. The van der Waals surface area contributed by atoms with Crippen molar-refractivity contribution >= 4 is 23.1 Å². The predicted molar refractivity (Wildman–Crippen MR) is 104 cm³/mol. The summed E-state index contributed by atoms with van der Waals surface area (Å²) in [5, 5.41) is 3.47. The quantitative estimate of drug-likeness (QED) is 0.779. The van der Waals surface area contributed by atoms with E-state index in [1.54, 1.807) is 11.1 Å². The Morgan fingerprint density at radius 3 is 2.89 bits per heavy atom. The average molecular weight is 357 g/mol. The van der Waals surface area contributed by atoms with Crippen LogP contribution in [0.1, 0.15) is 23.2 Å². The van der Waals surface area contributed by atoms with Gasteiger partial charge in [-0.25, -0.2) is 9.97 Å². The molecule has 0 bridgehead atoms. The van der Waals surface area contributed by atoms with Crippen molar-refractivity contribution in [3.05, 3.63) is 59.4 Å². The number of hydrogen-bond donors (Lipinski definition) is 1. The highest BCUT2D eigenvalue weighted by Gasteiger charge is 2.25. The summed E-state index contributed by atoms with van der Waals surface area (Å²) in [7, 11) is 1.82. The molecular formula is C21H19N5O. The number of benzene rings is 1. The zero-order valence-electron chi connectivity index (χ0n) is 15.1. The number of nitrogens with zero attached hydrogens (tertiary/aromatic N) is 4. The van der Waals surface area contributed by atoms with Crippen LogP contribution in [-0.2, 0) is 24.1 Å². The van der Waals surface area contributed by atoms with Crippen LogP contribution < -0.4 is 10.2 Å². The van der Waals surface area contributed by atoms with Crippen LogP contribution in [0.5, 0.6) is 0 Å². The lowest BCUT2D eigenvalue weighted by molar-refractivity contribution is -0.117. The standard InChI is InChI=1S/C21H19N5O/c1-26-18-9-8-14(11-13(18)12-19(26)27)23-20-15-5-4-7-16(15)24-21(25-20)17-6-2-3-10-22-17/h2-3,6,8-11H,4-5,7,12H2,1H3,(H,23,24,25). The van der Waals surface area contributed by atoms with E-state index in [1.807, 2.05) is 43.4 Å². The molecule has 0 fully saturated rings. The molecule has 6 nitrogen and oxygen atoms in total. The van der Waals surface area contributed by atoms with E-state index < -0.39 is 0 Å². The summed E-state index contributed by atoms with van der Waals surface area (Å²) in [6.07, 6.45) is 5.24. The van der Waals surface area contributed by atoms with Gasteiger partial charge in [-0.15, -0.1) is 0 Å². The van der Waals surface area contributed by atoms with E-state index in [-0.39, 0.29) is 5.91 Å². The molecule has 134 valence electrons. The maximum absolute atomic E-state index is 11.9. The molecule has 2 aromatic heterocycles. The van der Waals surface area contributed by atoms with Crippen LogP contribution >= 0.6 is 0 Å². The van der Waals surface area contributed by atoms with Gasteiger partial charge in [-0.2, -0.15) is 0 Å². The highest BCUT2D eigenvalue weighted by Crippen LogP contribution is 2.34. The summed E-state index contributed by atoms with van der Waals surface area (Å²) in [5.74, 6) is 1.62. The molecule has 0 saturated carbocycles. The van der Waals surface area contributed by atoms with Crippen LogP contribution in [0, 0.1) is 0 Å². The molecule has 27 heavy (non-hydrogen) atoms. The minimum absolute atomic E-state index is 0.127. The van der Waals surface area contributed by atoms with Crippen molar-refractivity contribution in [2.45, 2.75) is 25.7 Å². The van der Waals surface area contributed by atoms with Crippen molar-refractivity contribution in [3.63, 3.8) is 0 Å². The molecule has 0 spiro atoms. The largest absolute Gasteiger partial charge is 0.340 e. The van der Waals surface area contributed by atoms with E-state index in [0.717, 1.165) is 53.4 Å². The lowest BCUT2D eigenvalue weighted by atomic mass is 10.1. The van der Waals surface area contributed by atoms with Gasteiger partial charge in [-0.05, 0) is 55.2 Å². The molecule has 1 aliphatic carbocycles. The topological polar surface area (TPSA) is 71.0 Å². The summed E-state index contributed by atoms with van der Waals surface area (Å²) < 4.78 is 0. The summed E-state index contributed by atoms with van der Waals surface area (Å²) in [5.41, 5.74) is 6.02. The first kappa shape index (κ1) is 15.9. The fraction of sp³-hybridized carbons (Fsp3) is 0.238. The number of carbonyl (C=O) groups is 1. The fourth-order valence-corrected chi connectivity index (χ4v) is 3.83. The van der Waals surface area contributed by atoms with E-state index >= 15 is 0 Å². The molecule has 1 amide bonds. The summed E-state index contributed by atoms with van der Waals surface area (Å²) in [4.78, 5) is 27.5. The summed E-state index contributed by atoms with van der Waals surface area (Å²) in [6, 6.07) is 11.8. The van der Waals surface area contributed by atoms with E-state index in [0.29, 0.717) is 12.2 Å². The van der Waals surface area contributed by atoms with Crippen LogP contribution in [-0.4, -0.2) is 27.9 Å². The third-order valence-electron chi connectivity index (χ3n) is 5.25. The first-order valence-corrected chi connectivity index (χ1v) is 9.17. The third-order valence-corrected chi connectivity index (χ3v) is 5.25. The Bertz CT molecular complexity index is 1050. The molecular weight excluding hydrogens is 338 g/mol. The summed E-state index contributed by atoms with van der Waals surface area (Å²) >= 11 is 0. The number of carbonyl (C=O) groups excluding carboxylic acids is 1. The molecule has 0 atom stereocenters. The lowest BCUT2D eigenvalue weighted by Crippen LogP contribution is -2.20. The van der Waals surface area contributed by atoms with Crippen LogP contribution in [0.25, 0.3) is 11.5 Å². The number of anilines is 3. The number of fused-ring (bicyclic) bond motifs is 2. The van der Waals surface area contributed by atoms with Crippen molar-refractivity contribution in [2.75, 3.05) is 17.3 Å². The monoisotopic (exact) mass is 357 g/mol. The number of aryl methyl sites for hydroxylation is 1. The van der Waals surface area contributed by atoms with E-state index in [4.69, 9.17) is 9.97 Å². The van der Waals surface area contributed by atoms with Crippen molar-refractivity contribution < 1.29 is 4.79 Å². The predicted octanol–water partition coefficient (Wildman–Crippen LogP) is 3.29. The van der Waals surface area contributed by atoms with Gasteiger partial charge in [0.2, 0.25) is 5.91 Å². The van der Waals surface area contributed by atoms with Gasteiger partial charge in [0.05, 0.1) is 6.42 Å². The Labute approximate surface area is 157 Å². The summed E-state index contributed by atoms with van der Waals surface area (Å²) in [6.45, 7) is 0. The van der Waals surface area contributed by atoms with Gasteiger partial charge >= 0.3 is 0 Å². The molecule has 0 unspecified atom stereocenters. The first-order valence-electron chi connectivity index (χ1n) is 9.17. The number of rotatable bonds is 3. The van der Waals surface area contributed by atoms with Gasteiger partial charge in [0.1, 0.15) is 11.5 Å². The zero-order chi connectivity index (χ0) is 18.4. The molecule has 1 N–H and O–H groups in total. The molecule has 0 saturated heterocycles. The van der Waals surface area contributed by atoms with Gasteiger partial charge in [-0.3, -0.25) is 9.78 Å². The lowest BCUT2D eigenvalue weighted by Gasteiger charge is -2.14. The van der Waals surface area contributed by atoms with Gasteiger partial charge < -0.3 is 10.2 Å². The second kappa shape index (κ2) is 6.16. The van der Waals surface area contributed by atoms with Crippen LogP contribution in [0.4, 0.5) is 17.2 Å².